The summed E-state index contributed by atoms with van der Waals surface area (Å²) in [6.07, 6.45) is 2.07. The van der Waals surface area contributed by atoms with Crippen LogP contribution in [0.4, 0.5) is 8.78 Å². The van der Waals surface area contributed by atoms with Crippen molar-refractivity contribution in [3.63, 3.8) is 0 Å². The molecular weight excluding hydrogens is 516 g/mol. The van der Waals surface area contributed by atoms with E-state index in [0.717, 1.165) is 23.0 Å². The second-order valence-electron chi connectivity index (χ2n) is 9.50. The molecule has 7 nitrogen and oxygen atoms in total. The van der Waals surface area contributed by atoms with Crippen molar-refractivity contribution in [3.05, 3.63) is 82.1 Å². The molecule has 10 heteroatoms. The van der Waals surface area contributed by atoms with Crippen LogP contribution < -0.4 is 9.47 Å². The molecule has 1 heterocycles. The third kappa shape index (κ3) is 5.13. The average molecular weight is 542 g/mol. The van der Waals surface area contributed by atoms with E-state index in [4.69, 9.17) is 9.47 Å². The summed E-state index contributed by atoms with van der Waals surface area (Å²) in [5.41, 5.74) is 4.05. The third-order valence-electron chi connectivity index (χ3n) is 6.75. The molecule has 0 aliphatic heterocycles. The number of fused-ring (bicyclic) bond motifs is 3. The molecule has 0 radical (unpaired) electrons. The topological polar surface area (TPSA) is 103 Å². The number of halogens is 2. The molecule has 0 bridgehead atoms. The lowest BCUT2D eigenvalue weighted by molar-refractivity contribution is -0.132. The molecule has 38 heavy (non-hydrogen) atoms. The first-order valence-corrected chi connectivity index (χ1v) is 14.1. The van der Waals surface area contributed by atoms with Crippen molar-refractivity contribution in [2.45, 2.75) is 26.4 Å². The summed E-state index contributed by atoms with van der Waals surface area (Å²) < 4.78 is 63.8. The fourth-order valence-corrected chi connectivity index (χ4v) is 5.52. The number of nitrogens with zero attached hydrogens (tertiary/aromatic N) is 1. The summed E-state index contributed by atoms with van der Waals surface area (Å²) in [5.74, 6) is -1.69. The normalized spacial score (nSPS) is 15.7. The quantitative estimate of drug-likeness (QED) is 0.370. The number of carboxylic acids is 1. The summed E-state index contributed by atoms with van der Waals surface area (Å²) in [6, 6.07) is 11.0. The second kappa shape index (κ2) is 9.83. The monoisotopic (exact) mass is 541 g/mol. The van der Waals surface area contributed by atoms with E-state index in [-0.39, 0.29) is 41.9 Å². The lowest BCUT2D eigenvalue weighted by Crippen LogP contribution is -2.09. The molecule has 2 aliphatic rings. The van der Waals surface area contributed by atoms with Gasteiger partial charge < -0.3 is 14.6 Å². The molecule has 0 amide bonds. The van der Waals surface area contributed by atoms with Gasteiger partial charge in [-0.25, -0.2) is 27.0 Å². The van der Waals surface area contributed by atoms with Crippen LogP contribution in [0.2, 0.25) is 0 Å². The number of aliphatic carboxylic acids is 1. The Balaban J connectivity index is 1.29. The number of sulfone groups is 1. The molecule has 2 aliphatic carbocycles. The summed E-state index contributed by atoms with van der Waals surface area (Å²) in [7, 11) is -3.08. The van der Waals surface area contributed by atoms with Gasteiger partial charge in [-0.2, -0.15) is 0 Å². The zero-order chi connectivity index (χ0) is 27.2. The zero-order valence-corrected chi connectivity index (χ0v) is 21.6. The molecule has 1 aromatic heterocycles. The molecule has 0 spiro atoms. The highest BCUT2D eigenvalue weighted by molar-refractivity contribution is 7.90. The molecule has 0 fully saturated rings. The number of rotatable bonds is 10. The van der Waals surface area contributed by atoms with Crippen molar-refractivity contribution in [1.82, 2.24) is 4.98 Å². The Labute approximate surface area is 218 Å². The van der Waals surface area contributed by atoms with Gasteiger partial charge in [0.15, 0.2) is 0 Å². The average Bonchev–Trinajstić information content (AvgIpc) is 3.44. The van der Waals surface area contributed by atoms with Crippen LogP contribution in [-0.4, -0.2) is 43.1 Å². The SMILES string of the molecule is Cc1nc(OCCCS(C)(=O)=O)ccc1-c1ccc(F)c(COc2ccc3c(c2)C[C@H]2C(C(=O)O)=C32)c1F. The van der Waals surface area contributed by atoms with Gasteiger partial charge in [-0.3, -0.25) is 0 Å². The van der Waals surface area contributed by atoms with Crippen LogP contribution >= 0.6 is 0 Å². The molecule has 0 saturated heterocycles. The van der Waals surface area contributed by atoms with Gasteiger partial charge in [-0.05, 0) is 66.8 Å². The predicted octanol–water partition coefficient (Wildman–Crippen LogP) is 4.75. The summed E-state index contributed by atoms with van der Waals surface area (Å²) in [6.45, 7) is 1.52. The second-order valence-corrected chi connectivity index (χ2v) is 11.8. The van der Waals surface area contributed by atoms with E-state index in [9.17, 15) is 22.7 Å². The number of hydrogen-bond acceptors (Lipinski definition) is 6. The molecular formula is C28H25F2NO6S. The Bertz CT molecular complexity index is 1600. The van der Waals surface area contributed by atoms with Crippen molar-refractivity contribution in [2.75, 3.05) is 18.6 Å². The lowest BCUT2D eigenvalue weighted by atomic mass is 10.0. The largest absolute Gasteiger partial charge is 0.489 e. The van der Waals surface area contributed by atoms with Gasteiger partial charge in [0.1, 0.15) is 33.8 Å². The number of ether oxygens (including phenoxy) is 2. The molecule has 0 unspecified atom stereocenters. The van der Waals surface area contributed by atoms with E-state index < -0.39 is 27.4 Å². The minimum absolute atomic E-state index is 0.00538. The van der Waals surface area contributed by atoms with Gasteiger partial charge in [0.25, 0.3) is 0 Å². The van der Waals surface area contributed by atoms with Crippen molar-refractivity contribution >= 4 is 21.4 Å². The maximum Gasteiger partial charge on any atom is 0.332 e. The molecule has 5 rings (SSSR count). The summed E-state index contributed by atoms with van der Waals surface area (Å²) >= 11 is 0. The van der Waals surface area contributed by atoms with Gasteiger partial charge in [0.05, 0.1) is 17.9 Å². The maximum atomic E-state index is 15.5. The predicted molar refractivity (Wildman–Crippen MR) is 137 cm³/mol. The molecule has 2 aromatic carbocycles. The van der Waals surface area contributed by atoms with Crippen LogP contribution in [0.5, 0.6) is 11.6 Å². The van der Waals surface area contributed by atoms with E-state index in [1.807, 2.05) is 0 Å². The number of aryl methyl sites for hydroxylation is 1. The van der Waals surface area contributed by atoms with Gasteiger partial charge >= 0.3 is 5.97 Å². The van der Waals surface area contributed by atoms with Crippen LogP contribution in [0, 0.1) is 24.5 Å². The summed E-state index contributed by atoms with van der Waals surface area (Å²) in [4.78, 5) is 15.6. The highest BCUT2D eigenvalue weighted by Gasteiger charge is 2.47. The number of pyridine rings is 1. The first-order chi connectivity index (χ1) is 18.0. The summed E-state index contributed by atoms with van der Waals surface area (Å²) in [5, 5.41) is 9.22. The number of hydrogen-bond donors (Lipinski definition) is 1. The van der Waals surface area contributed by atoms with Gasteiger partial charge in [-0.15, -0.1) is 0 Å². The van der Waals surface area contributed by atoms with Crippen LogP contribution in [0.3, 0.4) is 0 Å². The fraction of sp³-hybridized carbons (Fsp3) is 0.286. The highest BCUT2D eigenvalue weighted by atomic mass is 32.2. The molecule has 0 saturated carbocycles. The number of carboxylic acid groups (broad SMARTS) is 1. The molecule has 3 aromatic rings. The molecule has 1 atom stereocenters. The maximum absolute atomic E-state index is 15.5. The number of carbonyl (C=O) groups is 1. The Morgan fingerprint density at radius 3 is 2.53 bits per heavy atom. The number of allylic oxidation sites excluding steroid dienone is 1. The van der Waals surface area contributed by atoms with Crippen LogP contribution in [0.1, 0.15) is 28.8 Å². The number of aromatic nitrogens is 1. The smallest absolute Gasteiger partial charge is 0.332 e. The van der Waals surface area contributed by atoms with Crippen LogP contribution in [0.25, 0.3) is 16.7 Å². The third-order valence-corrected chi connectivity index (χ3v) is 7.78. The fourth-order valence-electron chi connectivity index (χ4n) is 4.88. The minimum Gasteiger partial charge on any atom is -0.489 e. The lowest BCUT2D eigenvalue weighted by Gasteiger charge is -2.14. The van der Waals surface area contributed by atoms with Gasteiger partial charge in [0.2, 0.25) is 5.88 Å². The Morgan fingerprint density at radius 1 is 1.08 bits per heavy atom. The van der Waals surface area contributed by atoms with E-state index in [1.165, 1.54) is 12.1 Å². The first kappa shape index (κ1) is 25.8. The van der Waals surface area contributed by atoms with E-state index in [0.29, 0.717) is 35.4 Å². The Morgan fingerprint density at radius 2 is 1.82 bits per heavy atom. The standard InChI is InChI=1S/C28H25F2NO6S/c1-15-18(7-9-24(31-15)36-10-3-11-38(2,34)35)20-6-8-23(29)22(27(20)30)14-37-17-4-5-19-16(12-17)13-21-25(19)26(21)28(32)33/h4-9,12,21H,3,10-11,13-14H2,1-2H3,(H,32,33)/t21-/m1/s1. The van der Waals surface area contributed by atoms with E-state index >= 15 is 4.39 Å². The van der Waals surface area contributed by atoms with Crippen LogP contribution in [0.15, 0.2) is 48.0 Å². The van der Waals surface area contributed by atoms with E-state index in [1.54, 1.807) is 37.3 Å². The van der Waals surface area contributed by atoms with Crippen molar-refractivity contribution in [1.29, 1.82) is 0 Å². The number of benzene rings is 2. The van der Waals surface area contributed by atoms with Crippen molar-refractivity contribution in [3.8, 4) is 22.8 Å². The van der Waals surface area contributed by atoms with Crippen molar-refractivity contribution < 1.29 is 36.6 Å². The Kier molecular flexibility index (Phi) is 6.68. The van der Waals surface area contributed by atoms with Crippen LogP contribution in [-0.2, 0) is 27.7 Å². The minimum atomic E-state index is -3.08. The first-order valence-electron chi connectivity index (χ1n) is 12.0. The van der Waals surface area contributed by atoms with Crippen molar-refractivity contribution in [2.24, 2.45) is 5.92 Å². The Hall–Kier alpha value is -3.79. The zero-order valence-electron chi connectivity index (χ0n) is 20.8. The molecule has 198 valence electrons. The van der Waals surface area contributed by atoms with Gasteiger partial charge in [0, 0.05) is 40.6 Å². The van der Waals surface area contributed by atoms with E-state index in [2.05, 4.69) is 4.98 Å². The van der Waals surface area contributed by atoms with Gasteiger partial charge in [-0.1, -0.05) is 6.07 Å². The molecule has 1 N–H and O–H groups in total. The highest BCUT2D eigenvalue weighted by Crippen LogP contribution is 2.55.